The van der Waals surface area contributed by atoms with E-state index in [1.165, 1.54) is 5.69 Å². The number of aromatic nitrogens is 2. The third kappa shape index (κ3) is 3.76. The molecule has 0 unspecified atom stereocenters. The number of pyridine rings is 1. The topological polar surface area (TPSA) is 48.3 Å². The Kier molecular flexibility index (Phi) is 5.22. The molecule has 5 nitrogen and oxygen atoms in total. The Hall–Kier alpha value is -2.01. The molecule has 2 rings (SSSR count). The summed E-state index contributed by atoms with van der Waals surface area (Å²) in [5.74, 6) is 1.40. The maximum Gasteiger partial charge on any atom is 0.184 e. The van der Waals surface area contributed by atoms with E-state index in [0.717, 1.165) is 12.2 Å². The molecule has 0 aliphatic heterocycles. The standard InChI is InChI=1S/C16H23N3O2/c1-12(2)18-10-13-6-5-9-19(13)11-14-16(21-4)15(20-3)7-8-17-14/h5-9,12,18H,10-11H2,1-4H3. The van der Waals surface area contributed by atoms with Gasteiger partial charge in [0, 0.05) is 36.7 Å². The number of hydrogen-bond acceptors (Lipinski definition) is 4. The van der Waals surface area contributed by atoms with E-state index in [1.54, 1.807) is 26.5 Å². The number of nitrogens with zero attached hydrogens (tertiary/aromatic N) is 2. The summed E-state index contributed by atoms with van der Waals surface area (Å²) in [6.07, 6.45) is 3.80. The van der Waals surface area contributed by atoms with E-state index < -0.39 is 0 Å². The van der Waals surface area contributed by atoms with Crippen molar-refractivity contribution < 1.29 is 9.47 Å². The second-order valence-corrected chi connectivity index (χ2v) is 5.16. The van der Waals surface area contributed by atoms with Gasteiger partial charge in [0.15, 0.2) is 11.5 Å². The molecule has 0 amide bonds. The fraction of sp³-hybridized carbons (Fsp3) is 0.438. The van der Waals surface area contributed by atoms with Gasteiger partial charge in [0.05, 0.1) is 20.8 Å². The monoisotopic (exact) mass is 289 g/mol. The quantitative estimate of drug-likeness (QED) is 0.850. The van der Waals surface area contributed by atoms with Gasteiger partial charge < -0.3 is 19.4 Å². The summed E-state index contributed by atoms with van der Waals surface area (Å²) in [6.45, 7) is 5.76. The summed E-state index contributed by atoms with van der Waals surface area (Å²) >= 11 is 0. The molecule has 0 bridgehead atoms. The van der Waals surface area contributed by atoms with Gasteiger partial charge in [-0.1, -0.05) is 13.8 Å². The summed E-state index contributed by atoms with van der Waals surface area (Å²) in [7, 11) is 3.27. The number of methoxy groups -OCH3 is 2. The molecule has 1 N–H and O–H groups in total. The minimum Gasteiger partial charge on any atom is -0.493 e. The summed E-state index contributed by atoms with van der Waals surface area (Å²) in [6, 6.07) is 6.42. The van der Waals surface area contributed by atoms with Crippen LogP contribution in [-0.2, 0) is 13.1 Å². The highest BCUT2D eigenvalue weighted by Crippen LogP contribution is 2.29. The molecule has 0 fully saturated rings. The molecule has 2 aromatic heterocycles. The predicted octanol–water partition coefficient (Wildman–Crippen LogP) is 2.45. The zero-order chi connectivity index (χ0) is 15.2. The minimum atomic E-state index is 0.456. The van der Waals surface area contributed by atoms with Crippen molar-refractivity contribution >= 4 is 0 Å². The van der Waals surface area contributed by atoms with Gasteiger partial charge in [-0.3, -0.25) is 4.98 Å². The van der Waals surface area contributed by atoms with Crippen LogP contribution < -0.4 is 14.8 Å². The lowest BCUT2D eigenvalue weighted by atomic mass is 10.3. The van der Waals surface area contributed by atoms with Crippen molar-refractivity contribution in [1.82, 2.24) is 14.9 Å². The van der Waals surface area contributed by atoms with Crippen molar-refractivity contribution in [3.05, 3.63) is 42.0 Å². The lowest BCUT2D eigenvalue weighted by molar-refractivity contribution is 0.348. The number of nitrogens with one attached hydrogen (secondary N) is 1. The van der Waals surface area contributed by atoms with Gasteiger partial charge in [-0.15, -0.1) is 0 Å². The van der Waals surface area contributed by atoms with Crippen molar-refractivity contribution in [3.63, 3.8) is 0 Å². The third-order valence-corrected chi connectivity index (χ3v) is 3.30. The Morgan fingerprint density at radius 3 is 2.71 bits per heavy atom. The van der Waals surface area contributed by atoms with Gasteiger partial charge in [-0.25, -0.2) is 0 Å². The first-order valence-corrected chi connectivity index (χ1v) is 7.09. The molecule has 0 radical (unpaired) electrons. The smallest absolute Gasteiger partial charge is 0.184 e. The molecular weight excluding hydrogens is 266 g/mol. The van der Waals surface area contributed by atoms with Gasteiger partial charge in [0.1, 0.15) is 5.69 Å². The third-order valence-electron chi connectivity index (χ3n) is 3.30. The molecule has 2 heterocycles. The number of ether oxygens (including phenoxy) is 2. The van der Waals surface area contributed by atoms with Crippen LogP contribution in [0.3, 0.4) is 0 Å². The van der Waals surface area contributed by atoms with E-state index in [4.69, 9.17) is 9.47 Å². The lowest BCUT2D eigenvalue weighted by Gasteiger charge is -2.15. The molecule has 5 heteroatoms. The van der Waals surface area contributed by atoms with Crippen LogP contribution in [0.2, 0.25) is 0 Å². The van der Waals surface area contributed by atoms with Crippen LogP contribution in [0.25, 0.3) is 0 Å². The first-order valence-electron chi connectivity index (χ1n) is 7.09. The highest BCUT2D eigenvalue weighted by Gasteiger charge is 2.12. The number of hydrogen-bond donors (Lipinski definition) is 1. The first kappa shape index (κ1) is 15.4. The Balaban J connectivity index is 2.21. The van der Waals surface area contributed by atoms with Crippen LogP contribution >= 0.6 is 0 Å². The summed E-state index contributed by atoms with van der Waals surface area (Å²) in [4.78, 5) is 4.42. The van der Waals surface area contributed by atoms with Gasteiger partial charge in [0.2, 0.25) is 0 Å². The van der Waals surface area contributed by atoms with Crippen LogP contribution in [0.1, 0.15) is 25.2 Å². The minimum absolute atomic E-state index is 0.456. The molecule has 21 heavy (non-hydrogen) atoms. The van der Waals surface area contributed by atoms with Gasteiger partial charge in [-0.05, 0) is 12.1 Å². The zero-order valence-electron chi connectivity index (χ0n) is 13.1. The van der Waals surface area contributed by atoms with Crippen molar-refractivity contribution in [3.8, 4) is 11.5 Å². The molecule has 0 aliphatic carbocycles. The van der Waals surface area contributed by atoms with E-state index >= 15 is 0 Å². The summed E-state index contributed by atoms with van der Waals surface area (Å²) in [5, 5.41) is 3.43. The summed E-state index contributed by atoms with van der Waals surface area (Å²) in [5.41, 5.74) is 2.08. The molecule has 0 aromatic carbocycles. The molecule has 114 valence electrons. The highest BCUT2D eigenvalue weighted by atomic mass is 16.5. The van der Waals surface area contributed by atoms with Crippen molar-refractivity contribution in [2.24, 2.45) is 0 Å². The molecule has 0 spiro atoms. The molecular formula is C16H23N3O2. The predicted molar refractivity (Wildman–Crippen MR) is 82.9 cm³/mol. The zero-order valence-corrected chi connectivity index (χ0v) is 13.1. The van der Waals surface area contributed by atoms with Crippen LogP contribution in [0, 0.1) is 0 Å². The molecule has 0 saturated carbocycles. The Morgan fingerprint density at radius 1 is 1.24 bits per heavy atom. The highest BCUT2D eigenvalue weighted by molar-refractivity contribution is 5.42. The van der Waals surface area contributed by atoms with E-state index in [0.29, 0.717) is 24.1 Å². The van der Waals surface area contributed by atoms with Gasteiger partial charge in [-0.2, -0.15) is 0 Å². The lowest BCUT2D eigenvalue weighted by Crippen LogP contribution is -2.23. The Morgan fingerprint density at radius 2 is 2.05 bits per heavy atom. The van der Waals surface area contributed by atoms with Crippen molar-refractivity contribution in [1.29, 1.82) is 0 Å². The maximum atomic E-state index is 5.44. The largest absolute Gasteiger partial charge is 0.493 e. The summed E-state index contributed by atoms with van der Waals surface area (Å²) < 4.78 is 12.9. The Bertz CT molecular complexity index is 579. The average molecular weight is 289 g/mol. The van der Waals surface area contributed by atoms with E-state index in [2.05, 4.69) is 41.0 Å². The second kappa shape index (κ2) is 7.13. The molecule has 0 aliphatic rings. The fourth-order valence-electron chi connectivity index (χ4n) is 2.20. The van der Waals surface area contributed by atoms with E-state index in [-0.39, 0.29) is 0 Å². The maximum absolute atomic E-state index is 5.44. The van der Waals surface area contributed by atoms with Gasteiger partial charge >= 0.3 is 0 Å². The normalized spacial score (nSPS) is 10.9. The first-order chi connectivity index (χ1) is 10.2. The van der Waals surface area contributed by atoms with E-state index in [9.17, 15) is 0 Å². The fourth-order valence-corrected chi connectivity index (χ4v) is 2.20. The second-order valence-electron chi connectivity index (χ2n) is 5.16. The Labute approximate surface area is 125 Å². The SMILES string of the molecule is COc1ccnc(Cn2cccc2CNC(C)C)c1OC. The van der Waals surface area contributed by atoms with Crippen LogP contribution in [0.4, 0.5) is 0 Å². The van der Waals surface area contributed by atoms with E-state index in [1.807, 2.05) is 6.07 Å². The number of rotatable bonds is 7. The van der Waals surface area contributed by atoms with Crippen LogP contribution in [0.15, 0.2) is 30.6 Å². The average Bonchev–Trinajstić information content (AvgIpc) is 2.92. The molecule has 0 saturated heterocycles. The molecule has 0 atom stereocenters. The van der Waals surface area contributed by atoms with Gasteiger partial charge in [0.25, 0.3) is 0 Å². The molecule has 2 aromatic rings. The van der Waals surface area contributed by atoms with Crippen LogP contribution in [0.5, 0.6) is 11.5 Å². The van der Waals surface area contributed by atoms with Crippen LogP contribution in [-0.4, -0.2) is 29.8 Å². The van der Waals surface area contributed by atoms with Crippen molar-refractivity contribution in [2.45, 2.75) is 33.0 Å². The van der Waals surface area contributed by atoms with Crippen molar-refractivity contribution in [2.75, 3.05) is 14.2 Å².